The van der Waals surface area contributed by atoms with E-state index in [0.29, 0.717) is 18.0 Å². The molecule has 1 atom stereocenters. The fraction of sp³-hybridized carbons (Fsp3) is 0.526. The van der Waals surface area contributed by atoms with Crippen molar-refractivity contribution in [3.8, 4) is 5.75 Å². The molecule has 0 saturated heterocycles. The van der Waals surface area contributed by atoms with Crippen molar-refractivity contribution in [2.75, 3.05) is 5.32 Å². The molecule has 1 aliphatic carbocycles. The first kappa shape index (κ1) is 16.6. The number of aromatic hydroxyl groups is 1. The summed E-state index contributed by atoms with van der Waals surface area (Å²) in [6.07, 6.45) is 5.32. The molecule has 1 saturated carbocycles. The molecule has 0 bridgehead atoms. The van der Waals surface area contributed by atoms with Crippen LogP contribution in [0.4, 0.5) is 5.69 Å². The Morgan fingerprint density at radius 2 is 2.14 bits per heavy atom. The van der Waals surface area contributed by atoms with E-state index in [2.05, 4.69) is 26.1 Å². The number of nitrogens with one attached hydrogen (secondary N) is 1. The number of anilines is 1. The quantitative estimate of drug-likeness (QED) is 0.620. The van der Waals surface area contributed by atoms with Crippen LogP contribution in [0.25, 0.3) is 0 Å². The summed E-state index contributed by atoms with van der Waals surface area (Å²) in [6, 6.07) is 5.49. The van der Waals surface area contributed by atoms with E-state index >= 15 is 0 Å². The van der Waals surface area contributed by atoms with Gasteiger partial charge in [-0.3, -0.25) is 4.79 Å². The molecule has 0 aliphatic heterocycles. The average Bonchev–Trinajstić information content (AvgIpc) is 2.47. The molecule has 120 valence electrons. The van der Waals surface area contributed by atoms with Gasteiger partial charge >= 0.3 is 0 Å². The number of hydrogen-bond donors (Lipinski definition) is 2. The molecule has 0 amide bonds. The smallest absolute Gasteiger partial charge is 0.160 e. The fourth-order valence-corrected chi connectivity index (χ4v) is 2.97. The summed E-state index contributed by atoms with van der Waals surface area (Å²) < 4.78 is 0. The van der Waals surface area contributed by atoms with E-state index in [0.717, 1.165) is 30.4 Å². The zero-order valence-electron chi connectivity index (χ0n) is 14.1. The summed E-state index contributed by atoms with van der Waals surface area (Å²) in [5, 5.41) is 13.0. The van der Waals surface area contributed by atoms with Crippen LogP contribution in [0.1, 0.15) is 52.0 Å². The molecule has 1 aromatic rings. The highest BCUT2D eigenvalue weighted by Crippen LogP contribution is 2.41. The molecular weight excluding hydrogens is 274 g/mol. The second-order valence-electron chi connectivity index (χ2n) is 7.04. The average molecular weight is 301 g/mol. The van der Waals surface area contributed by atoms with Crippen LogP contribution in [0, 0.1) is 18.3 Å². The van der Waals surface area contributed by atoms with Crippen LogP contribution in [-0.2, 0) is 4.79 Å². The lowest BCUT2D eigenvalue weighted by molar-refractivity contribution is -0.117. The topological polar surface area (TPSA) is 49.3 Å². The number of carbonyl (C=O) groups excluding carboxylic acids is 1. The monoisotopic (exact) mass is 301 g/mol. The lowest BCUT2D eigenvalue weighted by atomic mass is 9.68. The molecule has 0 spiro atoms. The van der Waals surface area contributed by atoms with Gasteiger partial charge in [0.2, 0.25) is 0 Å². The molecule has 0 heterocycles. The van der Waals surface area contributed by atoms with E-state index < -0.39 is 0 Å². The Hall–Kier alpha value is -1.77. The summed E-state index contributed by atoms with van der Waals surface area (Å²) in [7, 11) is 0. The largest absolute Gasteiger partial charge is 0.506 e. The van der Waals surface area contributed by atoms with Crippen molar-refractivity contribution < 1.29 is 9.90 Å². The number of phenols is 1. The maximum atomic E-state index is 12.1. The van der Waals surface area contributed by atoms with Gasteiger partial charge in [-0.25, -0.2) is 0 Å². The summed E-state index contributed by atoms with van der Waals surface area (Å²) in [4.78, 5) is 12.1. The molecular formula is C19H27NO2. The Kier molecular flexibility index (Phi) is 4.94. The minimum atomic E-state index is 0.213. The number of rotatable bonds is 4. The van der Waals surface area contributed by atoms with Crippen LogP contribution in [0.3, 0.4) is 0 Å². The lowest BCUT2D eigenvalue weighted by Gasteiger charge is -2.36. The third-order valence-corrected chi connectivity index (χ3v) is 5.12. The van der Waals surface area contributed by atoms with Crippen molar-refractivity contribution in [2.45, 2.75) is 53.4 Å². The summed E-state index contributed by atoms with van der Waals surface area (Å²) in [6.45, 7) is 8.71. The SMILES string of the molecule is CCC(C)(C)[C@H]1CCC(=O)/C(=C/Nc2ccc(C)cc2O)C1. The molecule has 2 rings (SSSR count). The summed E-state index contributed by atoms with van der Waals surface area (Å²) in [5.41, 5.74) is 2.75. The third kappa shape index (κ3) is 3.70. The number of carbonyl (C=O) groups is 1. The predicted octanol–water partition coefficient (Wildman–Crippen LogP) is 4.80. The Morgan fingerprint density at radius 3 is 2.77 bits per heavy atom. The number of aryl methyl sites for hydroxylation is 1. The summed E-state index contributed by atoms with van der Waals surface area (Å²) >= 11 is 0. The summed E-state index contributed by atoms with van der Waals surface area (Å²) in [5.74, 6) is 0.975. The number of allylic oxidation sites excluding steroid dienone is 1. The first-order valence-electron chi connectivity index (χ1n) is 8.12. The van der Waals surface area contributed by atoms with Crippen molar-refractivity contribution in [1.29, 1.82) is 0 Å². The zero-order valence-corrected chi connectivity index (χ0v) is 14.1. The van der Waals surface area contributed by atoms with Gasteiger partial charge in [-0.2, -0.15) is 0 Å². The van der Waals surface area contributed by atoms with Gasteiger partial charge in [-0.1, -0.05) is 33.3 Å². The van der Waals surface area contributed by atoms with Gasteiger partial charge < -0.3 is 10.4 Å². The number of hydrogen-bond acceptors (Lipinski definition) is 3. The number of phenolic OH excluding ortho intramolecular Hbond substituents is 1. The lowest BCUT2D eigenvalue weighted by Crippen LogP contribution is -2.29. The maximum Gasteiger partial charge on any atom is 0.160 e. The van der Waals surface area contributed by atoms with Crippen molar-refractivity contribution in [3.63, 3.8) is 0 Å². The molecule has 2 N–H and O–H groups in total. The van der Waals surface area contributed by atoms with E-state index in [4.69, 9.17) is 0 Å². The normalized spacial score (nSPS) is 21.2. The van der Waals surface area contributed by atoms with E-state index in [9.17, 15) is 9.90 Å². The van der Waals surface area contributed by atoms with Gasteiger partial charge in [0.25, 0.3) is 0 Å². The molecule has 1 aliphatic rings. The number of benzene rings is 1. The van der Waals surface area contributed by atoms with E-state index in [-0.39, 0.29) is 16.9 Å². The molecule has 22 heavy (non-hydrogen) atoms. The van der Waals surface area contributed by atoms with Crippen molar-refractivity contribution in [2.24, 2.45) is 11.3 Å². The molecule has 1 fully saturated rings. The van der Waals surface area contributed by atoms with Gasteiger partial charge in [-0.05, 0) is 48.8 Å². The van der Waals surface area contributed by atoms with Crippen LogP contribution in [0.2, 0.25) is 0 Å². The molecule has 3 nitrogen and oxygen atoms in total. The van der Waals surface area contributed by atoms with Crippen LogP contribution in [-0.4, -0.2) is 10.9 Å². The first-order chi connectivity index (χ1) is 10.3. The first-order valence-corrected chi connectivity index (χ1v) is 8.12. The molecule has 1 aromatic carbocycles. The van der Waals surface area contributed by atoms with Crippen molar-refractivity contribution in [3.05, 3.63) is 35.5 Å². The molecule has 0 aromatic heterocycles. The minimum Gasteiger partial charge on any atom is -0.506 e. The maximum absolute atomic E-state index is 12.1. The fourth-order valence-electron chi connectivity index (χ4n) is 2.97. The van der Waals surface area contributed by atoms with Gasteiger partial charge in [0.05, 0.1) is 5.69 Å². The Morgan fingerprint density at radius 1 is 1.41 bits per heavy atom. The number of Topliss-reactive ketones (excluding diaryl/α,β-unsaturated/α-hetero) is 1. The standard InChI is InChI=1S/C19H27NO2/c1-5-19(3,4)15-7-9-17(21)14(11-15)12-20-16-8-6-13(2)10-18(16)22/h6,8,10,12,15,20,22H,5,7,9,11H2,1-4H3/b14-12+/t15-/m0/s1. The van der Waals surface area contributed by atoms with Gasteiger partial charge in [-0.15, -0.1) is 0 Å². The van der Waals surface area contributed by atoms with Crippen LogP contribution >= 0.6 is 0 Å². The van der Waals surface area contributed by atoms with Crippen LogP contribution in [0.15, 0.2) is 30.0 Å². The number of ketones is 1. The Balaban J connectivity index is 2.13. The highest BCUT2D eigenvalue weighted by molar-refractivity contribution is 5.96. The third-order valence-electron chi connectivity index (χ3n) is 5.12. The van der Waals surface area contributed by atoms with E-state index in [1.165, 1.54) is 0 Å². The highest BCUT2D eigenvalue weighted by Gasteiger charge is 2.33. The highest BCUT2D eigenvalue weighted by atomic mass is 16.3. The van der Waals surface area contributed by atoms with Gasteiger partial charge in [0.1, 0.15) is 5.75 Å². The molecule has 3 heteroatoms. The zero-order chi connectivity index (χ0) is 16.3. The van der Waals surface area contributed by atoms with E-state index in [1.807, 2.05) is 19.1 Å². The van der Waals surface area contributed by atoms with Crippen molar-refractivity contribution >= 4 is 11.5 Å². The molecule has 0 radical (unpaired) electrons. The predicted molar refractivity (Wildman–Crippen MR) is 91.0 cm³/mol. The van der Waals surface area contributed by atoms with Crippen molar-refractivity contribution in [1.82, 2.24) is 0 Å². The van der Waals surface area contributed by atoms with Gasteiger partial charge in [0, 0.05) is 18.2 Å². The second kappa shape index (κ2) is 6.55. The Bertz CT molecular complexity index is 587. The Labute approximate surface area is 133 Å². The van der Waals surface area contributed by atoms with Crippen LogP contribution in [0.5, 0.6) is 5.75 Å². The van der Waals surface area contributed by atoms with Gasteiger partial charge in [0.15, 0.2) is 5.78 Å². The van der Waals surface area contributed by atoms with Crippen LogP contribution < -0.4 is 5.32 Å². The minimum absolute atomic E-state index is 0.213. The molecule has 0 unspecified atom stereocenters. The van der Waals surface area contributed by atoms with E-state index in [1.54, 1.807) is 12.3 Å². The second-order valence-corrected chi connectivity index (χ2v) is 7.04.